The van der Waals surface area contributed by atoms with Gasteiger partial charge in [-0.25, -0.2) is 0 Å². The fourth-order valence-electron chi connectivity index (χ4n) is 2.46. The molecule has 1 aliphatic carbocycles. The maximum atomic E-state index is 10.1. The standard InChI is InChI=1S/C10H18O3/c1-9(2)5-6(12-4)10(3,11)8-7(9)13-8/h6-8,11H,5H2,1-4H3/t6?,7-,8+,10-/m0/s1. The third-order valence-corrected chi connectivity index (χ3v) is 3.49. The van der Waals surface area contributed by atoms with Crippen molar-refractivity contribution in [2.75, 3.05) is 7.11 Å². The Morgan fingerprint density at radius 2 is 1.92 bits per heavy atom. The van der Waals surface area contributed by atoms with Gasteiger partial charge in [-0.05, 0) is 18.8 Å². The monoisotopic (exact) mass is 186 g/mol. The third kappa shape index (κ3) is 1.22. The molecule has 76 valence electrons. The van der Waals surface area contributed by atoms with Gasteiger partial charge in [0, 0.05) is 7.11 Å². The molecule has 0 bridgehead atoms. The molecule has 0 amide bonds. The predicted octanol–water partition coefficient (Wildman–Crippen LogP) is 0.950. The van der Waals surface area contributed by atoms with Crippen LogP contribution in [0.2, 0.25) is 0 Å². The number of epoxide rings is 1. The quantitative estimate of drug-likeness (QED) is 0.620. The summed E-state index contributed by atoms with van der Waals surface area (Å²) in [6.07, 6.45) is 0.943. The maximum absolute atomic E-state index is 10.1. The Hall–Kier alpha value is -0.120. The first-order chi connectivity index (χ1) is 5.89. The number of hydrogen-bond acceptors (Lipinski definition) is 3. The van der Waals surface area contributed by atoms with E-state index >= 15 is 0 Å². The normalized spacial score (nSPS) is 52.8. The first kappa shape index (κ1) is 9.44. The summed E-state index contributed by atoms with van der Waals surface area (Å²) in [5, 5.41) is 10.1. The van der Waals surface area contributed by atoms with Crippen LogP contribution in [0.25, 0.3) is 0 Å². The Labute approximate surface area is 79.0 Å². The van der Waals surface area contributed by atoms with Crippen molar-refractivity contribution in [3.63, 3.8) is 0 Å². The van der Waals surface area contributed by atoms with Gasteiger partial charge in [0.05, 0.1) is 12.2 Å². The van der Waals surface area contributed by atoms with Crippen LogP contribution in [0.15, 0.2) is 0 Å². The molecular weight excluding hydrogens is 168 g/mol. The molecule has 3 nitrogen and oxygen atoms in total. The van der Waals surface area contributed by atoms with Gasteiger partial charge in [0.25, 0.3) is 0 Å². The number of fused-ring (bicyclic) bond motifs is 1. The highest BCUT2D eigenvalue weighted by Gasteiger charge is 2.65. The second-order valence-corrected chi connectivity index (χ2v) is 5.12. The molecule has 1 saturated carbocycles. The van der Waals surface area contributed by atoms with E-state index in [1.165, 1.54) is 0 Å². The van der Waals surface area contributed by atoms with Crippen LogP contribution in [-0.4, -0.2) is 36.1 Å². The highest BCUT2D eigenvalue weighted by molar-refractivity contribution is 5.13. The van der Waals surface area contributed by atoms with Gasteiger partial charge in [-0.3, -0.25) is 0 Å². The number of ether oxygens (including phenoxy) is 2. The maximum Gasteiger partial charge on any atom is 0.117 e. The zero-order valence-corrected chi connectivity index (χ0v) is 8.70. The first-order valence-corrected chi connectivity index (χ1v) is 4.80. The number of hydrogen-bond donors (Lipinski definition) is 1. The molecule has 1 aliphatic heterocycles. The van der Waals surface area contributed by atoms with Gasteiger partial charge in [0.1, 0.15) is 11.7 Å². The Morgan fingerprint density at radius 3 is 2.46 bits per heavy atom. The van der Waals surface area contributed by atoms with Gasteiger partial charge in [0.15, 0.2) is 0 Å². The predicted molar refractivity (Wildman–Crippen MR) is 48.5 cm³/mol. The van der Waals surface area contributed by atoms with Crippen molar-refractivity contribution in [3.8, 4) is 0 Å². The van der Waals surface area contributed by atoms with Gasteiger partial charge in [-0.2, -0.15) is 0 Å². The Morgan fingerprint density at radius 1 is 1.31 bits per heavy atom. The Balaban J connectivity index is 2.21. The van der Waals surface area contributed by atoms with Crippen LogP contribution >= 0.6 is 0 Å². The van der Waals surface area contributed by atoms with E-state index in [0.717, 1.165) is 6.42 Å². The molecule has 3 heteroatoms. The molecule has 0 aromatic rings. The smallest absolute Gasteiger partial charge is 0.117 e. The van der Waals surface area contributed by atoms with E-state index in [0.29, 0.717) is 0 Å². The van der Waals surface area contributed by atoms with Crippen LogP contribution < -0.4 is 0 Å². The van der Waals surface area contributed by atoms with Gasteiger partial charge in [-0.1, -0.05) is 13.8 Å². The molecule has 0 radical (unpaired) electrons. The number of rotatable bonds is 1. The summed E-state index contributed by atoms with van der Waals surface area (Å²) < 4.78 is 10.8. The van der Waals surface area contributed by atoms with E-state index in [1.54, 1.807) is 14.0 Å². The highest BCUT2D eigenvalue weighted by atomic mass is 16.6. The molecule has 0 aromatic carbocycles. The van der Waals surface area contributed by atoms with Crippen LogP contribution in [0.4, 0.5) is 0 Å². The second kappa shape index (κ2) is 2.47. The third-order valence-electron chi connectivity index (χ3n) is 3.49. The van der Waals surface area contributed by atoms with Crippen molar-refractivity contribution in [3.05, 3.63) is 0 Å². The van der Waals surface area contributed by atoms with E-state index in [4.69, 9.17) is 9.47 Å². The lowest BCUT2D eigenvalue weighted by Gasteiger charge is -2.40. The Bertz CT molecular complexity index is 222. The lowest BCUT2D eigenvalue weighted by atomic mass is 9.70. The van der Waals surface area contributed by atoms with Crippen LogP contribution in [0.5, 0.6) is 0 Å². The average Bonchev–Trinajstić information content (AvgIpc) is 2.77. The zero-order valence-electron chi connectivity index (χ0n) is 8.70. The largest absolute Gasteiger partial charge is 0.385 e. The number of aliphatic hydroxyl groups is 1. The van der Waals surface area contributed by atoms with Crippen molar-refractivity contribution in [1.29, 1.82) is 0 Å². The fourth-order valence-corrected chi connectivity index (χ4v) is 2.46. The average molecular weight is 186 g/mol. The van der Waals surface area contributed by atoms with Crippen LogP contribution in [-0.2, 0) is 9.47 Å². The molecule has 1 N–H and O–H groups in total. The van der Waals surface area contributed by atoms with Gasteiger partial charge >= 0.3 is 0 Å². The zero-order chi connectivity index (χ0) is 9.85. The van der Waals surface area contributed by atoms with Crippen molar-refractivity contribution in [2.24, 2.45) is 5.41 Å². The van der Waals surface area contributed by atoms with Crippen molar-refractivity contribution in [1.82, 2.24) is 0 Å². The molecule has 0 spiro atoms. The topological polar surface area (TPSA) is 42.0 Å². The van der Waals surface area contributed by atoms with Gasteiger partial charge in [-0.15, -0.1) is 0 Å². The summed E-state index contributed by atoms with van der Waals surface area (Å²) >= 11 is 0. The van der Waals surface area contributed by atoms with E-state index in [2.05, 4.69) is 13.8 Å². The van der Waals surface area contributed by atoms with E-state index in [-0.39, 0.29) is 23.7 Å². The number of methoxy groups -OCH3 is 1. The summed E-state index contributed by atoms with van der Waals surface area (Å²) in [6.45, 7) is 6.14. The molecule has 1 heterocycles. The van der Waals surface area contributed by atoms with Crippen LogP contribution in [0, 0.1) is 5.41 Å². The van der Waals surface area contributed by atoms with Crippen molar-refractivity contribution >= 4 is 0 Å². The SMILES string of the molecule is COC1CC(C)(C)[C@H]2O[C@H]2[C@@]1(C)O. The molecule has 1 saturated heterocycles. The lowest BCUT2D eigenvalue weighted by Crippen LogP contribution is -2.53. The molecule has 1 unspecified atom stereocenters. The highest BCUT2D eigenvalue weighted by Crippen LogP contribution is 2.53. The fraction of sp³-hybridized carbons (Fsp3) is 1.00. The van der Waals surface area contributed by atoms with E-state index < -0.39 is 5.60 Å². The molecule has 13 heavy (non-hydrogen) atoms. The van der Waals surface area contributed by atoms with Gasteiger partial charge in [0.2, 0.25) is 0 Å². The van der Waals surface area contributed by atoms with Crippen molar-refractivity contribution in [2.45, 2.75) is 51.1 Å². The molecule has 2 aliphatic rings. The lowest BCUT2D eigenvalue weighted by molar-refractivity contribution is -0.118. The molecular formula is C10H18O3. The molecule has 4 atom stereocenters. The minimum atomic E-state index is -0.811. The summed E-state index contributed by atoms with van der Waals surface area (Å²) in [6, 6.07) is 0. The van der Waals surface area contributed by atoms with Crippen molar-refractivity contribution < 1.29 is 14.6 Å². The summed E-state index contributed by atoms with van der Waals surface area (Å²) in [5.74, 6) is 0. The molecule has 2 rings (SSSR count). The molecule has 2 fully saturated rings. The summed E-state index contributed by atoms with van der Waals surface area (Å²) in [4.78, 5) is 0. The summed E-state index contributed by atoms with van der Waals surface area (Å²) in [5.41, 5.74) is -0.678. The summed E-state index contributed by atoms with van der Waals surface area (Å²) in [7, 11) is 1.65. The minimum absolute atomic E-state index is 0.0267. The molecule has 0 aromatic heterocycles. The van der Waals surface area contributed by atoms with E-state index in [1.807, 2.05) is 0 Å². The van der Waals surface area contributed by atoms with E-state index in [9.17, 15) is 5.11 Å². The second-order valence-electron chi connectivity index (χ2n) is 5.12. The van der Waals surface area contributed by atoms with Gasteiger partial charge < -0.3 is 14.6 Å². The van der Waals surface area contributed by atoms with Crippen LogP contribution in [0.1, 0.15) is 27.2 Å². The Kier molecular flexibility index (Phi) is 1.79. The minimum Gasteiger partial charge on any atom is -0.385 e. The first-order valence-electron chi connectivity index (χ1n) is 4.80. The van der Waals surface area contributed by atoms with Crippen LogP contribution in [0.3, 0.4) is 0 Å².